The lowest BCUT2D eigenvalue weighted by Crippen LogP contribution is -2.31. The predicted molar refractivity (Wildman–Crippen MR) is 126 cm³/mol. The first-order valence-electron chi connectivity index (χ1n) is 10.8. The molecule has 180 valence electrons. The van der Waals surface area contributed by atoms with E-state index in [-0.39, 0.29) is 29.9 Å². The number of nitrogens with one attached hydrogen (secondary N) is 3. The van der Waals surface area contributed by atoms with Crippen molar-refractivity contribution >= 4 is 41.2 Å². The first-order chi connectivity index (χ1) is 16.2. The van der Waals surface area contributed by atoms with Crippen LogP contribution in [0.1, 0.15) is 47.4 Å². The van der Waals surface area contributed by atoms with Gasteiger partial charge in [0.25, 0.3) is 0 Å². The lowest BCUT2D eigenvalue weighted by molar-refractivity contribution is -0.129. The maximum atomic E-state index is 13.1. The van der Waals surface area contributed by atoms with Gasteiger partial charge in [0.2, 0.25) is 5.91 Å². The van der Waals surface area contributed by atoms with Gasteiger partial charge >= 0.3 is 6.18 Å². The van der Waals surface area contributed by atoms with E-state index in [1.807, 2.05) is 36.4 Å². The highest BCUT2D eigenvalue weighted by Gasteiger charge is 2.33. The van der Waals surface area contributed by atoms with Crippen LogP contribution in [0.3, 0.4) is 0 Å². The Kier molecular flexibility index (Phi) is 7.13. The molecule has 0 radical (unpaired) electrons. The fourth-order valence-electron chi connectivity index (χ4n) is 3.95. The van der Waals surface area contributed by atoms with Crippen LogP contribution in [0.2, 0.25) is 0 Å². The number of ketones is 1. The Morgan fingerprint density at radius 1 is 1.26 bits per heavy atom. The van der Waals surface area contributed by atoms with Crippen molar-refractivity contribution in [1.29, 1.82) is 0 Å². The highest BCUT2D eigenvalue weighted by Crippen LogP contribution is 2.39. The second kappa shape index (κ2) is 10.1. The smallest absolute Gasteiger partial charge is 0.358 e. The third-order valence-electron chi connectivity index (χ3n) is 5.37. The van der Waals surface area contributed by atoms with Gasteiger partial charge in [-0.05, 0) is 24.6 Å². The third-order valence-corrected chi connectivity index (χ3v) is 6.38. The van der Waals surface area contributed by atoms with E-state index >= 15 is 0 Å². The Labute approximate surface area is 199 Å². The molecule has 1 aromatic heterocycles. The zero-order valence-electron chi connectivity index (χ0n) is 18.4. The number of amides is 1. The van der Waals surface area contributed by atoms with Crippen molar-refractivity contribution in [2.24, 2.45) is 4.99 Å². The summed E-state index contributed by atoms with van der Waals surface area (Å²) in [5, 5.41) is 6.04. The Bertz CT molecular complexity index is 1130. The lowest BCUT2D eigenvalue weighted by Gasteiger charge is -2.25. The molecule has 0 bridgehead atoms. The zero-order chi connectivity index (χ0) is 24.3. The number of aromatic amines is 1. The molecule has 0 aliphatic carbocycles. The molecule has 0 spiro atoms. The van der Waals surface area contributed by atoms with Crippen molar-refractivity contribution in [2.45, 2.75) is 38.4 Å². The van der Waals surface area contributed by atoms with Gasteiger partial charge in [-0.3, -0.25) is 9.59 Å². The van der Waals surface area contributed by atoms with Gasteiger partial charge in [-0.15, -0.1) is 0 Å². The molecule has 1 unspecified atom stereocenters. The van der Waals surface area contributed by atoms with Gasteiger partial charge < -0.3 is 15.6 Å². The second-order valence-corrected chi connectivity index (χ2v) is 9.25. The molecule has 3 heterocycles. The second-order valence-electron chi connectivity index (χ2n) is 8.06. The number of aromatic nitrogens is 1. The molecule has 1 atom stereocenters. The van der Waals surface area contributed by atoms with Crippen molar-refractivity contribution in [3.63, 3.8) is 0 Å². The number of hydrogen-bond acceptors (Lipinski definition) is 6. The number of aliphatic imine (C=N–C) groups is 1. The van der Waals surface area contributed by atoms with Crippen LogP contribution in [-0.2, 0) is 11.3 Å². The summed E-state index contributed by atoms with van der Waals surface area (Å²) >= 11 is 1.02. The summed E-state index contributed by atoms with van der Waals surface area (Å²) in [6, 6.07) is 9.42. The highest BCUT2D eigenvalue weighted by atomic mass is 32.2. The average Bonchev–Trinajstić information content (AvgIpc) is 3.12. The maximum Gasteiger partial charge on any atom is 0.389 e. The minimum Gasteiger partial charge on any atom is -0.358 e. The number of benzene rings is 1. The number of fused-ring (bicyclic) bond motifs is 1. The SMILES string of the molecule is CC(=O)NC1=CC(c2[nH]c3c(c2Nc2ccccc2)C(=O)CN(SCCC(F)(F)F)C3)CC=N1. The van der Waals surface area contributed by atoms with Crippen LogP contribution in [0.4, 0.5) is 24.5 Å². The summed E-state index contributed by atoms with van der Waals surface area (Å²) in [6.45, 7) is 1.74. The lowest BCUT2D eigenvalue weighted by atomic mass is 9.96. The summed E-state index contributed by atoms with van der Waals surface area (Å²) in [4.78, 5) is 32.2. The zero-order valence-corrected chi connectivity index (χ0v) is 19.2. The fourth-order valence-corrected chi connectivity index (χ4v) is 4.96. The number of hydrogen-bond donors (Lipinski definition) is 3. The fraction of sp³-hybridized carbons (Fsp3) is 0.348. The number of anilines is 2. The predicted octanol–water partition coefficient (Wildman–Crippen LogP) is 4.89. The Morgan fingerprint density at radius 2 is 2.03 bits per heavy atom. The maximum absolute atomic E-state index is 13.1. The third kappa shape index (κ3) is 5.89. The number of H-pyrrole nitrogens is 1. The molecule has 0 saturated heterocycles. The topological polar surface area (TPSA) is 89.6 Å². The van der Waals surface area contributed by atoms with Crippen molar-refractivity contribution in [3.8, 4) is 0 Å². The molecule has 0 fully saturated rings. The van der Waals surface area contributed by atoms with Gasteiger partial charge in [0.05, 0.1) is 30.8 Å². The monoisotopic (exact) mass is 491 g/mol. The molecule has 7 nitrogen and oxygen atoms in total. The van der Waals surface area contributed by atoms with Crippen molar-refractivity contribution in [1.82, 2.24) is 14.6 Å². The van der Waals surface area contributed by atoms with Gasteiger partial charge in [0.1, 0.15) is 5.82 Å². The molecule has 0 saturated carbocycles. The van der Waals surface area contributed by atoms with Crippen LogP contribution in [0.25, 0.3) is 0 Å². The number of nitrogens with zero attached hydrogens (tertiary/aromatic N) is 2. The number of Topliss-reactive ketones (excluding diaryl/α,β-unsaturated/α-hetero) is 1. The van der Waals surface area contributed by atoms with E-state index in [0.29, 0.717) is 35.7 Å². The van der Waals surface area contributed by atoms with Crippen LogP contribution in [0.5, 0.6) is 0 Å². The molecule has 1 amide bonds. The molecule has 2 aliphatic rings. The van der Waals surface area contributed by atoms with Crippen LogP contribution < -0.4 is 10.6 Å². The van der Waals surface area contributed by atoms with E-state index in [1.165, 1.54) is 6.92 Å². The largest absolute Gasteiger partial charge is 0.389 e. The molecular weight excluding hydrogens is 467 g/mol. The van der Waals surface area contributed by atoms with Crippen LogP contribution in [-0.4, -0.2) is 45.7 Å². The molecule has 4 rings (SSSR count). The van der Waals surface area contributed by atoms with Crippen molar-refractivity contribution in [2.75, 3.05) is 17.6 Å². The van der Waals surface area contributed by atoms with Gasteiger partial charge in [-0.25, -0.2) is 9.30 Å². The summed E-state index contributed by atoms with van der Waals surface area (Å²) < 4.78 is 39.3. The molecule has 1 aromatic carbocycles. The van der Waals surface area contributed by atoms with E-state index in [2.05, 4.69) is 20.6 Å². The number of alkyl halides is 3. The molecule has 34 heavy (non-hydrogen) atoms. The summed E-state index contributed by atoms with van der Waals surface area (Å²) in [5.41, 5.74) is 3.38. The van der Waals surface area contributed by atoms with E-state index in [4.69, 9.17) is 0 Å². The number of carbonyl (C=O) groups is 2. The number of para-hydroxylation sites is 1. The Balaban J connectivity index is 1.65. The van der Waals surface area contributed by atoms with E-state index in [9.17, 15) is 22.8 Å². The minimum atomic E-state index is -4.23. The van der Waals surface area contributed by atoms with Gasteiger partial charge in [-0.2, -0.15) is 13.2 Å². The molecular formula is C23H24F3N5O2S. The highest BCUT2D eigenvalue weighted by molar-refractivity contribution is 7.97. The van der Waals surface area contributed by atoms with E-state index in [0.717, 1.165) is 23.3 Å². The van der Waals surface area contributed by atoms with E-state index < -0.39 is 12.6 Å². The van der Waals surface area contributed by atoms with E-state index in [1.54, 1.807) is 10.5 Å². The normalized spacial score (nSPS) is 18.4. The number of rotatable bonds is 7. The van der Waals surface area contributed by atoms with Gasteiger partial charge in [0, 0.05) is 41.9 Å². The first-order valence-corrected chi connectivity index (χ1v) is 11.7. The molecule has 2 aliphatic heterocycles. The first kappa shape index (κ1) is 24.1. The molecule has 11 heteroatoms. The van der Waals surface area contributed by atoms with Crippen LogP contribution >= 0.6 is 11.9 Å². The van der Waals surface area contributed by atoms with Gasteiger partial charge in [0.15, 0.2) is 5.78 Å². The van der Waals surface area contributed by atoms with Crippen molar-refractivity contribution < 1.29 is 22.8 Å². The number of allylic oxidation sites excluding steroid dienone is 1. The number of carbonyl (C=O) groups excluding carboxylic acids is 2. The summed E-state index contributed by atoms with van der Waals surface area (Å²) in [6.07, 6.45) is -1.04. The average molecular weight is 492 g/mol. The molecule has 3 N–H and O–H groups in total. The molecule has 2 aromatic rings. The van der Waals surface area contributed by atoms with Crippen LogP contribution in [0, 0.1) is 0 Å². The minimum absolute atomic E-state index is 0.0232. The van der Waals surface area contributed by atoms with Crippen LogP contribution in [0.15, 0.2) is 47.2 Å². The summed E-state index contributed by atoms with van der Waals surface area (Å²) in [7, 11) is 0. The van der Waals surface area contributed by atoms with Gasteiger partial charge in [-0.1, -0.05) is 30.1 Å². The Hall–Kier alpha value is -3.05. The Morgan fingerprint density at radius 3 is 2.74 bits per heavy atom. The number of halogens is 3. The standard InChI is InChI=1S/C23H24F3N5O2S/c1-14(32)28-19-11-15(7-9-27-19)21-22(29-16-5-3-2-4-6-16)20-17(30-21)12-31(13-18(20)33)34-10-8-23(24,25)26/h2-6,9,11,15,29-30H,7-8,10,12-13H2,1H3,(H,28,32). The quantitative estimate of drug-likeness (QED) is 0.480. The summed E-state index contributed by atoms with van der Waals surface area (Å²) in [5.74, 6) is -0.305. The van der Waals surface area contributed by atoms with Crippen molar-refractivity contribution in [3.05, 3.63) is 59.2 Å².